The molecular weight excluding hydrogens is 234 g/mol. The van der Waals surface area contributed by atoms with Gasteiger partial charge in [0.25, 0.3) is 0 Å². The lowest BCUT2D eigenvalue weighted by Gasteiger charge is -2.03. The summed E-state index contributed by atoms with van der Waals surface area (Å²) < 4.78 is 1.82. The van der Waals surface area contributed by atoms with Crippen molar-refractivity contribution in [1.29, 1.82) is 0 Å². The molecule has 0 saturated carbocycles. The van der Waals surface area contributed by atoms with E-state index in [0.717, 1.165) is 21.8 Å². The van der Waals surface area contributed by atoms with Crippen LogP contribution in [0.2, 0.25) is 0 Å². The summed E-state index contributed by atoms with van der Waals surface area (Å²) in [6.07, 6.45) is 3.61. The highest BCUT2D eigenvalue weighted by Crippen LogP contribution is 2.28. The molecule has 0 amide bonds. The lowest BCUT2D eigenvalue weighted by Crippen LogP contribution is -2.00. The van der Waals surface area contributed by atoms with Gasteiger partial charge in [-0.3, -0.25) is 4.68 Å². The predicted octanol–water partition coefficient (Wildman–Crippen LogP) is 1.44. The molecule has 0 saturated heterocycles. The van der Waals surface area contributed by atoms with Gasteiger partial charge in [-0.2, -0.15) is 5.10 Å². The Morgan fingerprint density at radius 2 is 1.94 bits per heavy atom. The molecule has 0 aromatic carbocycles. The Labute approximate surface area is 104 Å². The summed E-state index contributed by atoms with van der Waals surface area (Å²) in [6.45, 7) is 4.41. The van der Waals surface area contributed by atoms with Crippen molar-refractivity contribution < 1.29 is 0 Å². The maximum Gasteiger partial charge on any atom is 0.193 e. The Morgan fingerprint density at radius 3 is 2.53 bits per heavy atom. The molecule has 2 aromatic rings. The molecule has 0 spiro atoms. The largest absolute Gasteiger partial charge is 0.326 e. The topological polar surface area (TPSA) is 69.6 Å². The lowest BCUT2D eigenvalue weighted by molar-refractivity contribution is 0.687. The molecule has 0 bridgehead atoms. The lowest BCUT2D eigenvalue weighted by atomic mass is 10.3. The molecule has 0 unspecified atom stereocenters. The molecule has 0 aliphatic rings. The van der Waals surface area contributed by atoms with Gasteiger partial charge in [0.1, 0.15) is 5.03 Å². The van der Waals surface area contributed by atoms with Crippen LogP contribution in [0.4, 0.5) is 0 Å². The maximum atomic E-state index is 5.74. The third kappa shape index (κ3) is 2.48. The Morgan fingerprint density at radius 1 is 1.29 bits per heavy atom. The summed E-state index contributed by atoms with van der Waals surface area (Å²) in [5.41, 5.74) is 8.81. The van der Waals surface area contributed by atoms with Crippen molar-refractivity contribution in [2.24, 2.45) is 12.8 Å². The summed E-state index contributed by atoms with van der Waals surface area (Å²) >= 11 is 1.49. The third-order valence-corrected chi connectivity index (χ3v) is 3.54. The number of nitrogens with zero attached hydrogens (tertiary/aromatic N) is 4. The van der Waals surface area contributed by atoms with Crippen LogP contribution < -0.4 is 5.73 Å². The standard InChI is InChI=1S/C11H15N5S/c1-7-5-13-11(14-6-7)17-10-9(4-12)8(2)15-16(10)3/h5-6H,4,12H2,1-3H3. The van der Waals surface area contributed by atoms with Gasteiger partial charge >= 0.3 is 0 Å². The summed E-state index contributed by atoms with van der Waals surface area (Å²) in [4.78, 5) is 8.54. The minimum absolute atomic E-state index is 0.480. The first-order chi connectivity index (χ1) is 8.11. The van der Waals surface area contributed by atoms with E-state index in [-0.39, 0.29) is 0 Å². The van der Waals surface area contributed by atoms with Gasteiger partial charge in [0, 0.05) is 31.5 Å². The smallest absolute Gasteiger partial charge is 0.193 e. The van der Waals surface area contributed by atoms with Crippen LogP contribution in [0.5, 0.6) is 0 Å². The molecular formula is C11H15N5S. The SMILES string of the molecule is Cc1cnc(Sc2c(CN)c(C)nn2C)nc1. The first kappa shape index (κ1) is 12.1. The highest BCUT2D eigenvalue weighted by atomic mass is 32.2. The quantitative estimate of drug-likeness (QED) is 0.833. The predicted molar refractivity (Wildman–Crippen MR) is 66.7 cm³/mol. The first-order valence-electron chi connectivity index (χ1n) is 5.31. The molecule has 6 heteroatoms. The average molecular weight is 249 g/mol. The van der Waals surface area contributed by atoms with Crippen molar-refractivity contribution in [1.82, 2.24) is 19.7 Å². The van der Waals surface area contributed by atoms with Crippen molar-refractivity contribution in [2.75, 3.05) is 0 Å². The first-order valence-corrected chi connectivity index (χ1v) is 6.12. The van der Waals surface area contributed by atoms with E-state index in [2.05, 4.69) is 15.1 Å². The fourth-order valence-electron chi connectivity index (χ4n) is 1.56. The molecule has 2 N–H and O–H groups in total. The minimum atomic E-state index is 0.480. The van der Waals surface area contributed by atoms with E-state index in [0.29, 0.717) is 11.7 Å². The van der Waals surface area contributed by atoms with E-state index in [1.165, 1.54) is 11.8 Å². The number of aryl methyl sites for hydroxylation is 3. The molecule has 0 atom stereocenters. The zero-order valence-corrected chi connectivity index (χ0v) is 11.0. The van der Waals surface area contributed by atoms with Gasteiger partial charge in [0.2, 0.25) is 0 Å². The van der Waals surface area contributed by atoms with Crippen LogP contribution in [0.1, 0.15) is 16.8 Å². The second-order valence-corrected chi connectivity index (χ2v) is 4.80. The van der Waals surface area contributed by atoms with Crippen molar-refractivity contribution in [2.45, 2.75) is 30.6 Å². The summed E-state index contributed by atoms with van der Waals surface area (Å²) in [7, 11) is 1.91. The zero-order valence-electron chi connectivity index (χ0n) is 10.1. The normalized spacial score (nSPS) is 10.8. The second-order valence-electron chi connectivity index (χ2n) is 3.84. The maximum absolute atomic E-state index is 5.74. The number of rotatable bonds is 3. The molecule has 2 heterocycles. The van der Waals surface area contributed by atoms with Gasteiger partial charge < -0.3 is 5.73 Å². The van der Waals surface area contributed by atoms with Crippen LogP contribution in [0.15, 0.2) is 22.6 Å². The van der Waals surface area contributed by atoms with E-state index in [1.807, 2.05) is 25.6 Å². The molecule has 0 radical (unpaired) electrons. The number of aromatic nitrogens is 4. The Balaban J connectivity index is 2.32. The van der Waals surface area contributed by atoms with Crippen LogP contribution in [0.25, 0.3) is 0 Å². The molecule has 17 heavy (non-hydrogen) atoms. The van der Waals surface area contributed by atoms with E-state index in [4.69, 9.17) is 5.73 Å². The van der Waals surface area contributed by atoms with E-state index in [1.54, 1.807) is 12.4 Å². The Hall–Kier alpha value is -1.40. The summed E-state index contributed by atoms with van der Waals surface area (Å²) in [5.74, 6) is 0. The van der Waals surface area contributed by atoms with Crippen molar-refractivity contribution in [3.05, 3.63) is 29.2 Å². The van der Waals surface area contributed by atoms with E-state index >= 15 is 0 Å². The van der Waals surface area contributed by atoms with Crippen LogP contribution in [-0.2, 0) is 13.6 Å². The second kappa shape index (κ2) is 4.85. The fourth-order valence-corrected chi connectivity index (χ4v) is 2.47. The van der Waals surface area contributed by atoms with Crippen molar-refractivity contribution in [3.63, 3.8) is 0 Å². The Bertz CT molecular complexity index is 517. The number of hydrogen-bond acceptors (Lipinski definition) is 5. The average Bonchev–Trinajstić information content (AvgIpc) is 2.57. The van der Waals surface area contributed by atoms with Crippen LogP contribution >= 0.6 is 11.8 Å². The fraction of sp³-hybridized carbons (Fsp3) is 0.364. The number of hydrogen-bond donors (Lipinski definition) is 1. The van der Waals surface area contributed by atoms with Crippen LogP contribution in [0.3, 0.4) is 0 Å². The molecule has 0 fully saturated rings. The van der Waals surface area contributed by atoms with Crippen LogP contribution in [0, 0.1) is 13.8 Å². The third-order valence-electron chi connectivity index (χ3n) is 2.44. The van der Waals surface area contributed by atoms with Gasteiger partial charge in [-0.25, -0.2) is 9.97 Å². The Kier molecular flexibility index (Phi) is 3.44. The monoisotopic (exact) mass is 249 g/mol. The molecule has 5 nitrogen and oxygen atoms in total. The van der Waals surface area contributed by atoms with Gasteiger partial charge in [0.15, 0.2) is 5.16 Å². The molecule has 90 valence electrons. The van der Waals surface area contributed by atoms with Gasteiger partial charge in [-0.05, 0) is 31.2 Å². The molecule has 2 rings (SSSR count). The molecule has 0 aliphatic heterocycles. The summed E-state index contributed by atoms with van der Waals surface area (Å²) in [5, 5.41) is 6.08. The van der Waals surface area contributed by atoms with Gasteiger partial charge in [-0.1, -0.05) is 0 Å². The van der Waals surface area contributed by atoms with E-state index in [9.17, 15) is 0 Å². The van der Waals surface area contributed by atoms with Gasteiger partial charge in [-0.15, -0.1) is 0 Å². The number of nitrogens with two attached hydrogens (primary N) is 1. The van der Waals surface area contributed by atoms with E-state index < -0.39 is 0 Å². The highest BCUT2D eigenvalue weighted by Gasteiger charge is 2.14. The minimum Gasteiger partial charge on any atom is -0.326 e. The van der Waals surface area contributed by atoms with Crippen molar-refractivity contribution >= 4 is 11.8 Å². The zero-order chi connectivity index (χ0) is 12.4. The van der Waals surface area contributed by atoms with Crippen molar-refractivity contribution in [3.8, 4) is 0 Å². The molecule has 0 aliphatic carbocycles. The van der Waals surface area contributed by atoms with Crippen LogP contribution in [-0.4, -0.2) is 19.7 Å². The summed E-state index contributed by atoms with van der Waals surface area (Å²) in [6, 6.07) is 0. The highest BCUT2D eigenvalue weighted by molar-refractivity contribution is 7.99. The molecule has 2 aromatic heterocycles. The van der Waals surface area contributed by atoms with Gasteiger partial charge in [0.05, 0.1) is 5.69 Å².